The Kier molecular flexibility index (Phi) is 5.75. The molecule has 0 heteroatoms. The molecule has 0 spiro atoms. The Hall–Kier alpha value is -0.780. The van der Waals surface area contributed by atoms with Crippen molar-refractivity contribution >= 4 is 0 Å². The molecule has 1 aromatic carbocycles. The Balaban J connectivity index is 2.62. The number of benzene rings is 1. The lowest BCUT2D eigenvalue weighted by atomic mass is 9.70. The van der Waals surface area contributed by atoms with E-state index in [-0.39, 0.29) is 0 Å². The zero-order valence-corrected chi connectivity index (χ0v) is 15.9. The molecule has 0 bridgehead atoms. The van der Waals surface area contributed by atoms with Gasteiger partial charge in [-0.2, -0.15) is 0 Å². The lowest BCUT2D eigenvalue weighted by molar-refractivity contribution is 0.326. The number of rotatable bonds is 4. The first kappa shape index (κ1) is 17.6. The van der Waals surface area contributed by atoms with E-state index in [1.807, 2.05) is 0 Å². The Morgan fingerprint density at radius 3 is 1.68 bits per heavy atom. The van der Waals surface area contributed by atoms with Crippen molar-refractivity contribution in [3.63, 3.8) is 0 Å². The van der Waals surface area contributed by atoms with E-state index in [1.165, 1.54) is 31.2 Å². The molecule has 0 aliphatic heterocycles. The van der Waals surface area contributed by atoms with E-state index in [1.54, 1.807) is 16.7 Å². The van der Waals surface area contributed by atoms with Crippen LogP contribution in [-0.2, 0) is 0 Å². The number of hydrogen-bond donors (Lipinski definition) is 0. The quantitative estimate of drug-likeness (QED) is 0.545. The molecule has 124 valence electrons. The van der Waals surface area contributed by atoms with Crippen molar-refractivity contribution in [1.29, 1.82) is 0 Å². The predicted molar refractivity (Wildman–Crippen MR) is 99.1 cm³/mol. The van der Waals surface area contributed by atoms with Crippen molar-refractivity contribution in [3.8, 4) is 0 Å². The minimum Gasteiger partial charge on any atom is -0.0619 e. The minimum absolute atomic E-state index is 0.618. The van der Waals surface area contributed by atoms with Crippen LogP contribution >= 0.6 is 0 Å². The molecule has 0 saturated heterocycles. The molecule has 1 fully saturated rings. The van der Waals surface area contributed by atoms with E-state index < -0.39 is 0 Å². The molecule has 1 aliphatic rings. The maximum Gasteiger partial charge on any atom is -0.0131 e. The minimum atomic E-state index is 0.618. The third-order valence-electron chi connectivity index (χ3n) is 5.66. The molecule has 0 aromatic heterocycles. The van der Waals surface area contributed by atoms with Gasteiger partial charge < -0.3 is 0 Å². The average Bonchev–Trinajstić information content (AvgIpc) is 2.46. The topological polar surface area (TPSA) is 0 Å². The van der Waals surface area contributed by atoms with Gasteiger partial charge in [-0.25, -0.2) is 0 Å². The van der Waals surface area contributed by atoms with E-state index in [0.29, 0.717) is 17.8 Å². The molecule has 2 rings (SSSR count). The van der Waals surface area contributed by atoms with Gasteiger partial charge in [-0.1, -0.05) is 79.9 Å². The highest BCUT2D eigenvalue weighted by molar-refractivity contribution is 5.46. The summed E-state index contributed by atoms with van der Waals surface area (Å²) < 4.78 is 0. The van der Waals surface area contributed by atoms with Gasteiger partial charge in [-0.05, 0) is 58.3 Å². The van der Waals surface area contributed by atoms with Crippen LogP contribution in [0, 0.1) is 5.92 Å². The van der Waals surface area contributed by atoms with Crippen LogP contribution in [0.15, 0.2) is 12.1 Å². The maximum absolute atomic E-state index is 2.53. The Morgan fingerprint density at radius 1 is 0.773 bits per heavy atom. The van der Waals surface area contributed by atoms with Gasteiger partial charge in [0.05, 0.1) is 0 Å². The molecular formula is C22H36. The maximum atomic E-state index is 2.53. The Labute approximate surface area is 138 Å². The van der Waals surface area contributed by atoms with Gasteiger partial charge in [0.25, 0.3) is 0 Å². The summed E-state index contributed by atoms with van der Waals surface area (Å²) >= 11 is 0. The second-order valence-corrected chi connectivity index (χ2v) is 8.45. The second kappa shape index (κ2) is 7.20. The van der Waals surface area contributed by atoms with Crippen LogP contribution in [-0.4, -0.2) is 0 Å². The molecule has 0 amide bonds. The van der Waals surface area contributed by atoms with E-state index >= 15 is 0 Å². The van der Waals surface area contributed by atoms with E-state index in [0.717, 1.165) is 11.8 Å². The largest absolute Gasteiger partial charge is 0.0619 e. The summed E-state index contributed by atoms with van der Waals surface area (Å²) in [4.78, 5) is 0. The van der Waals surface area contributed by atoms with Gasteiger partial charge in [0.15, 0.2) is 0 Å². The fourth-order valence-electron chi connectivity index (χ4n) is 4.18. The summed E-state index contributed by atoms with van der Waals surface area (Å²) in [5.74, 6) is 3.49. The number of hydrogen-bond acceptors (Lipinski definition) is 0. The van der Waals surface area contributed by atoms with E-state index in [9.17, 15) is 0 Å². The smallest absolute Gasteiger partial charge is 0.0131 e. The molecule has 0 N–H and O–H groups in total. The van der Waals surface area contributed by atoms with Crippen molar-refractivity contribution in [3.05, 3.63) is 34.4 Å². The zero-order valence-electron chi connectivity index (χ0n) is 15.9. The van der Waals surface area contributed by atoms with Crippen molar-refractivity contribution in [2.24, 2.45) is 5.92 Å². The normalized spacial score (nSPS) is 22.8. The van der Waals surface area contributed by atoms with Gasteiger partial charge >= 0.3 is 0 Å². The SMILES string of the molecule is CC(C)c1cc(C(C)C)c(C2CCCCC2C)c(C(C)C)c1. The highest BCUT2D eigenvalue weighted by Gasteiger charge is 2.29. The molecule has 0 nitrogen and oxygen atoms in total. The third kappa shape index (κ3) is 3.58. The first-order chi connectivity index (χ1) is 10.3. The molecule has 1 saturated carbocycles. The Bertz CT molecular complexity index is 464. The summed E-state index contributed by atoms with van der Waals surface area (Å²) in [6.45, 7) is 16.6. The Morgan fingerprint density at radius 2 is 1.27 bits per heavy atom. The molecule has 22 heavy (non-hydrogen) atoms. The molecule has 0 heterocycles. The van der Waals surface area contributed by atoms with Crippen molar-refractivity contribution in [1.82, 2.24) is 0 Å². The molecule has 1 aromatic rings. The molecule has 2 atom stereocenters. The van der Waals surface area contributed by atoms with Gasteiger partial charge in [0.2, 0.25) is 0 Å². The average molecular weight is 301 g/mol. The van der Waals surface area contributed by atoms with Crippen LogP contribution in [0.5, 0.6) is 0 Å². The fraction of sp³-hybridized carbons (Fsp3) is 0.727. The van der Waals surface area contributed by atoms with Gasteiger partial charge in [-0.15, -0.1) is 0 Å². The first-order valence-electron chi connectivity index (χ1n) is 9.50. The van der Waals surface area contributed by atoms with Crippen LogP contribution in [0.1, 0.15) is 120 Å². The van der Waals surface area contributed by atoms with Crippen LogP contribution in [0.3, 0.4) is 0 Å². The monoisotopic (exact) mass is 300 g/mol. The lowest BCUT2D eigenvalue weighted by Gasteiger charge is -2.35. The molecular weight excluding hydrogens is 264 g/mol. The van der Waals surface area contributed by atoms with Gasteiger partial charge in [0, 0.05) is 0 Å². The highest BCUT2D eigenvalue weighted by Crippen LogP contribution is 2.44. The van der Waals surface area contributed by atoms with E-state index in [4.69, 9.17) is 0 Å². The zero-order chi connectivity index (χ0) is 16.4. The molecule has 2 unspecified atom stereocenters. The van der Waals surface area contributed by atoms with E-state index in [2.05, 4.69) is 60.6 Å². The third-order valence-corrected chi connectivity index (χ3v) is 5.66. The van der Waals surface area contributed by atoms with Crippen molar-refractivity contribution < 1.29 is 0 Å². The van der Waals surface area contributed by atoms with Crippen molar-refractivity contribution in [2.45, 2.75) is 97.8 Å². The summed E-state index contributed by atoms with van der Waals surface area (Å²) in [5, 5.41) is 0. The standard InChI is InChI=1S/C22H36/c1-14(2)18-12-20(15(3)4)22(21(13-18)16(5)6)19-11-9-8-10-17(19)7/h12-17,19H,8-11H2,1-7H3. The summed E-state index contributed by atoms with van der Waals surface area (Å²) in [6.07, 6.45) is 5.64. The summed E-state index contributed by atoms with van der Waals surface area (Å²) in [7, 11) is 0. The fourth-order valence-corrected chi connectivity index (χ4v) is 4.18. The van der Waals surface area contributed by atoms with Crippen LogP contribution in [0.25, 0.3) is 0 Å². The van der Waals surface area contributed by atoms with Crippen LogP contribution in [0.2, 0.25) is 0 Å². The van der Waals surface area contributed by atoms with Crippen LogP contribution < -0.4 is 0 Å². The van der Waals surface area contributed by atoms with Gasteiger partial charge in [0.1, 0.15) is 0 Å². The predicted octanol–water partition coefficient (Wildman–Crippen LogP) is 7.35. The molecule has 1 aliphatic carbocycles. The lowest BCUT2D eigenvalue weighted by Crippen LogP contribution is -2.19. The van der Waals surface area contributed by atoms with Gasteiger partial charge in [-0.3, -0.25) is 0 Å². The van der Waals surface area contributed by atoms with Crippen molar-refractivity contribution in [2.75, 3.05) is 0 Å². The van der Waals surface area contributed by atoms with Crippen LogP contribution in [0.4, 0.5) is 0 Å². The summed E-state index contributed by atoms with van der Waals surface area (Å²) in [5.41, 5.74) is 6.52. The first-order valence-corrected chi connectivity index (χ1v) is 9.50. The second-order valence-electron chi connectivity index (χ2n) is 8.45. The summed E-state index contributed by atoms with van der Waals surface area (Å²) in [6, 6.07) is 5.05. The highest BCUT2D eigenvalue weighted by atomic mass is 14.3. The molecule has 0 radical (unpaired) electrons.